The topological polar surface area (TPSA) is 210 Å². The normalized spacial score (nSPS) is 21.0. The molecule has 4 aliphatic heterocycles. The molecule has 2 unspecified atom stereocenters. The molecule has 3 aromatic rings. The van der Waals surface area contributed by atoms with E-state index in [4.69, 9.17) is 29.3 Å². The van der Waals surface area contributed by atoms with E-state index in [-0.39, 0.29) is 17.0 Å². The van der Waals surface area contributed by atoms with Crippen molar-refractivity contribution in [3.63, 3.8) is 0 Å². The van der Waals surface area contributed by atoms with E-state index in [1.807, 2.05) is 0 Å². The number of carboxylic acids is 2. The lowest BCUT2D eigenvalue weighted by Crippen LogP contribution is -2.54. The van der Waals surface area contributed by atoms with Crippen LogP contribution in [0.1, 0.15) is 87.0 Å². The van der Waals surface area contributed by atoms with E-state index in [0.29, 0.717) is 63.1 Å². The molecule has 2 atom stereocenters. The number of rotatable bonds is 12. The first-order chi connectivity index (χ1) is 27.4. The van der Waals surface area contributed by atoms with E-state index < -0.39 is 23.3 Å². The first-order valence-electron chi connectivity index (χ1n) is 19.7. The summed E-state index contributed by atoms with van der Waals surface area (Å²) < 4.78 is 18.2. The standard InChI is InChI=1S/C27H38N4O4.C10H14BrN3O2.C2H2O4/c1-20-8-3-4-9-21(20)18-35-27(19-34-2)16-22-11-12-23(17-27)29(22)14-7-15-31-25(32)28-24-10-5-6-13-30(24)26(31)33;11-5-3-7-14-9(15)12-8-4-1-2-6-13(8)10(14)16;3-1(4)2(5)6/h3-4,8-9,22-23H,5-7,10-19H2,1-2H3;1-7H2;(H,3,4)(H,5,6). The summed E-state index contributed by atoms with van der Waals surface area (Å²) in [4.78, 5) is 78.0. The Balaban J connectivity index is 0.000000232. The molecule has 0 aliphatic carbocycles. The fourth-order valence-corrected chi connectivity index (χ4v) is 8.64. The molecule has 0 spiro atoms. The van der Waals surface area contributed by atoms with Crippen LogP contribution in [0.15, 0.2) is 43.4 Å². The Labute approximate surface area is 338 Å². The second-order valence-electron chi connectivity index (χ2n) is 15.1. The largest absolute Gasteiger partial charge is 0.473 e. The predicted octanol–water partition coefficient (Wildman–Crippen LogP) is 2.35. The van der Waals surface area contributed by atoms with E-state index in [2.05, 4.69) is 62.0 Å². The van der Waals surface area contributed by atoms with Gasteiger partial charge in [0.25, 0.3) is 0 Å². The van der Waals surface area contributed by atoms with Gasteiger partial charge >= 0.3 is 34.7 Å². The molecule has 17 nitrogen and oxygen atoms in total. The van der Waals surface area contributed by atoms with E-state index in [9.17, 15) is 19.2 Å². The molecule has 312 valence electrons. The smallest absolute Gasteiger partial charge is 0.414 e. The van der Waals surface area contributed by atoms with Crippen LogP contribution >= 0.6 is 15.9 Å². The number of ether oxygens (including phenoxy) is 2. The Hall–Kier alpha value is -4.26. The van der Waals surface area contributed by atoms with Gasteiger partial charge in [-0.05, 0) is 82.3 Å². The minimum absolute atomic E-state index is 0.190. The molecule has 6 heterocycles. The summed E-state index contributed by atoms with van der Waals surface area (Å²) in [5.74, 6) is -2.35. The molecule has 2 N–H and O–H groups in total. The van der Waals surface area contributed by atoms with Gasteiger partial charge in [0, 0.05) is 70.1 Å². The Morgan fingerprint density at radius 2 is 1.33 bits per heavy atom. The van der Waals surface area contributed by atoms with E-state index >= 15 is 0 Å². The third-order valence-corrected chi connectivity index (χ3v) is 11.8. The number of halogens is 1. The fraction of sp³-hybridized carbons (Fsp3) is 0.641. The van der Waals surface area contributed by atoms with Gasteiger partial charge in [-0.15, -0.1) is 0 Å². The van der Waals surface area contributed by atoms with Crippen molar-refractivity contribution in [2.45, 2.75) is 134 Å². The van der Waals surface area contributed by atoms with E-state index in [0.717, 1.165) is 88.9 Å². The number of carboxylic acid groups (broad SMARTS) is 2. The number of hydrogen-bond acceptors (Lipinski definition) is 11. The average Bonchev–Trinajstić information content (AvgIpc) is 3.44. The van der Waals surface area contributed by atoms with Gasteiger partial charge in [0.2, 0.25) is 0 Å². The summed E-state index contributed by atoms with van der Waals surface area (Å²) in [6.07, 6.45) is 11.2. The van der Waals surface area contributed by atoms with Gasteiger partial charge in [-0.3, -0.25) is 14.0 Å². The Bertz CT molecular complexity index is 2090. The Kier molecular flexibility index (Phi) is 15.7. The number of alkyl halides is 1. The molecule has 18 heteroatoms. The minimum Gasteiger partial charge on any atom is -0.473 e. The van der Waals surface area contributed by atoms with Gasteiger partial charge < -0.3 is 19.7 Å². The minimum atomic E-state index is -1.82. The number of nitrogens with zero attached hydrogens (tertiary/aromatic N) is 7. The van der Waals surface area contributed by atoms with Crippen molar-refractivity contribution < 1.29 is 29.3 Å². The average molecular weight is 861 g/mol. The van der Waals surface area contributed by atoms with Crippen LogP contribution in [-0.4, -0.2) is 98.6 Å². The van der Waals surface area contributed by atoms with Gasteiger partial charge in [-0.1, -0.05) is 40.2 Å². The second kappa shape index (κ2) is 20.4. The summed E-state index contributed by atoms with van der Waals surface area (Å²) in [5, 5.41) is 15.6. The van der Waals surface area contributed by atoms with Gasteiger partial charge in [-0.2, -0.15) is 9.97 Å². The highest BCUT2D eigenvalue weighted by molar-refractivity contribution is 9.09. The zero-order valence-electron chi connectivity index (χ0n) is 32.8. The molecular formula is C39H54BrN7O10. The monoisotopic (exact) mass is 859 g/mol. The third kappa shape index (κ3) is 11.0. The number of aliphatic carboxylic acids is 2. The highest BCUT2D eigenvalue weighted by Gasteiger charge is 2.49. The van der Waals surface area contributed by atoms with Crippen LogP contribution in [0.3, 0.4) is 0 Å². The molecule has 2 saturated heterocycles. The summed E-state index contributed by atoms with van der Waals surface area (Å²) in [6.45, 7) is 6.44. The lowest BCUT2D eigenvalue weighted by molar-refractivity contribution is -0.159. The molecule has 1 aromatic carbocycles. The van der Waals surface area contributed by atoms with Crippen LogP contribution in [0.25, 0.3) is 0 Å². The molecule has 57 heavy (non-hydrogen) atoms. The number of hydrogen-bond donors (Lipinski definition) is 2. The molecule has 2 aromatic heterocycles. The van der Waals surface area contributed by atoms with Crippen molar-refractivity contribution in [1.82, 2.24) is 33.1 Å². The van der Waals surface area contributed by atoms with Gasteiger partial charge in [0.1, 0.15) is 11.6 Å². The van der Waals surface area contributed by atoms with Crippen LogP contribution in [0.4, 0.5) is 0 Å². The molecule has 0 radical (unpaired) electrons. The number of carbonyl (C=O) groups is 2. The summed E-state index contributed by atoms with van der Waals surface area (Å²) >= 11 is 3.29. The summed E-state index contributed by atoms with van der Waals surface area (Å²) in [5.41, 5.74) is 1.03. The van der Waals surface area contributed by atoms with Crippen LogP contribution < -0.4 is 22.8 Å². The van der Waals surface area contributed by atoms with Crippen molar-refractivity contribution in [1.29, 1.82) is 0 Å². The number of fused-ring (bicyclic) bond motifs is 4. The molecule has 4 aliphatic rings. The number of aromatic nitrogens is 6. The molecular weight excluding hydrogens is 806 g/mol. The summed E-state index contributed by atoms with van der Waals surface area (Å²) in [7, 11) is 1.76. The van der Waals surface area contributed by atoms with Gasteiger partial charge in [0.15, 0.2) is 0 Å². The Morgan fingerprint density at radius 3 is 1.82 bits per heavy atom. The number of methoxy groups -OCH3 is 1. The molecule has 7 rings (SSSR count). The highest BCUT2D eigenvalue weighted by Crippen LogP contribution is 2.43. The molecule has 0 amide bonds. The van der Waals surface area contributed by atoms with Crippen LogP contribution in [0.2, 0.25) is 0 Å². The molecule has 2 bridgehead atoms. The third-order valence-electron chi connectivity index (χ3n) is 11.2. The first-order valence-corrected chi connectivity index (χ1v) is 20.9. The van der Waals surface area contributed by atoms with Crippen molar-refractivity contribution in [3.05, 3.63) is 89.0 Å². The van der Waals surface area contributed by atoms with E-state index in [1.165, 1.54) is 20.3 Å². The summed E-state index contributed by atoms with van der Waals surface area (Å²) in [6, 6.07) is 9.28. The predicted molar refractivity (Wildman–Crippen MR) is 213 cm³/mol. The number of benzene rings is 1. The van der Waals surface area contributed by atoms with Crippen molar-refractivity contribution in [2.75, 3.05) is 25.6 Å². The van der Waals surface area contributed by atoms with Crippen LogP contribution in [-0.2, 0) is 64.7 Å². The number of aryl methyl sites for hydroxylation is 3. The maximum absolute atomic E-state index is 12.9. The maximum Gasteiger partial charge on any atom is 0.414 e. The van der Waals surface area contributed by atoms with Crippen LogP contribution in [0, 0.1) is 6.92 Å². The van der Waals surface area contributed by atoms with Gasteiger partial charge in [-0.25, -0.2) is 37.9 Å². The number of piperidine rings is 1. The quantitative estimate of drug-likeness (QED) is 0.198. The van der Waals surface area contributed by atoms with Crippen molar-refractivity contribution in [3.8, 4) is 0 Å². The van der Waals surface area contributed by atoms with E-state index in [1.54, 1.807) is 16.2 Å². The molecule has 2 fully saturated rings. The fourth-order valence-electron chi connectivity index (χ4n) is 8.39. The second-order valence-corrected chi connectivity index (χ2v) is 15.9. The lowest BCUT2D eigenvalue weighted by atomic mass is 9.86. The SMILES string of the molecule is COCC1(OCc2ccccc2C)CC2CCC(C1)N2CCCn1c(=O)nc2n(c1=O)CCCC2.O=C(O)C(=O)O.O=c1nc2n(c(=O)n1CCCBr)CCCC2. The van der Waals surface area contributed by atoms with Crippen molar-refractivity contribution in [2.24, 2.45) is 0 Å². The maximum atomic E-state index is 12.9. The molecule has 0 saturated carbocycles. The van der Waals surface area contributed by atoms with Gasteiger partial charge in [0.05, 0.1) is 18.8 Å². The highest BCUT2D eigenvalue weighted by atomic mass is 79.9. The van der Waals surface area contributed by atoms with Crippen LogP contribution in [0.5, 0.6) is 0 Å². The Morgan fingerprint density at radius 1 is 0.807 bits per heavy atom. The first kappa shape index (κ1) is 43.9. The lowest BCUT2D eigenvalue weighted by Gasteiger charge is -2.46. The zero-order valence-corrected chi connectivity index (χ0v) is 34.4. The zero-order chi connectivity index (χ0) is 41.1. The van der Waals surface area contributed by atoms with Crippen molar-refractivity contribution >= 4 is 27.9 Å².